The smallest absolute Gasteiger partial charge is 0.268 e. The van der Waals surface area contributed by atoms with Gasteiger partial charge in [-0.1, -0.05) is 36.4 Å². The van der Waals surface area contributed by atoms with Crippen LogP contribution in [0.3, 0.4) is 0 Å². The number of hydrogen-bond donors (Lipinski definition) is 0. The van der Waals surface area contributed by atoms with Gasteiger partial charge in [0.15, 0.2) is 0 Å². The van der Waals surface area contributed by atoms with Crippen molar-refractivity contribution < 1.29 is 9.21 Å². The largest absolute Gasteiger partial charge is 0.415 e. The van der Waals surface area contributed by atoms with Gasteiger partial charge < -0.3 is 14.2 Å². The van der Waals surface area contributed by atoms with E-state index in [1.54, 1.807) is 12.4 Å². The van der Waals surface area contributed by atoms with Crippen molar-refractivity contribution in [2.45, 2.75) is 0 Å². The number of amides is 1. The van der Waals surface area contributed by atoms with Gasteiger partial charge in [0.05, 0.1) is 12.4 Å². The molecule has 8 heteroatoms. The predicted octanol–water partition coefficient (Wildman–Crippen LogP) is 3.16. The summed E-state index contributed by atoms with van der Waals surface area (Å²) in [7, 11) is 0. The lowest BCUT2D eigenvalue weighted by Gasteiger charge is -2.35. The monoisotopic (exact) mass is 412 g/mol. The quantitative estimate of drug-likeness (QED) is 0.509. The van der Waals surface area contributed by atoms with Gasteiger partial charge in [-0.2, -0.15) is 0 Å². The minimum atomic E-state index is 0.0550. The van der Waals surface area contributed by atoms with Gasteiger partial charge in [0, 0.05) is 37.3 Å². The molecule has 0 radical (unpaired) electrons. The highest BCUT2D eigenvalue weighted by Gasteiger charge is 2.23. The zero-order valence-electron chi connectivity index (χ0n) is 16.8. The first-order chi connectivity index (χ1) is 15.3. The first-order valence-corrected chi connectivity index (χ1v) is 10.1. The first kappa shape index (κ1) is 18.9. The van der Waals surface area contributed by atoms with E-state index in [1.165, 1.54) is 0 Å². The zero-order valence-corrected chi connectivity index (χ0v) is 16.8. The minimum Gasteiger partial charge on any atom is -0.415 e. The van der Waals surface area contributed by atoms with Crippen molar-refractivity contribution >= 4 is 11.7 Å². The van der Waals surface area contributed by atoms with Crippen LogP contribution in [0.2, 0.25) is 0 Å². The molecule has 0 aliphatic carbocycles. The molecule has 1 saturated heterocycles. The molecule has 2 aromatic carbocycles. The van der Waals surface area contributed by atoms with E-state index in [-0.39, 0.29) is 5.91 Å². The number of benzene rings is 2. The lowest BCUT2D eigenvalue weighted by atomic mass is 10.2. The Hall–Kier alpha value is -4.07. The Morgan fingerprint density at radius 3 is 2.23 bits per heavy atom. The lowest BCUT2D eigenvalue weighted by molar-refractivity contribution is 0.0746. The molecule has 5 rings (SSSR count). The third kappa shape index (κ3) is 4.00. The van der Waals surface area contributed by atoms with Gasteiger partial charge >= 0.3 is 0 Å². The number of anilines is 1. The molecule has 8 nitrogen and oxygen atoms in total. The van der Waals surface area contributed by atoms with Gasteiger partial charge in [0.25, 0.3) is 11.8 Å². The van der Waals surface area contributed by atoms with Crippen LogP contribution in [-0.4, -0.2) is 57.2 Å². The fourth-order valence-corrected chi connectivity index (χ4v) is 3.54. The van der Waals surface area contributed by atoms with Crippen molar-refractivity contribution in [1.82, 2.24) is 25.1 Å². The SMILES string of the molecule is O=C(c1ccccc1)N1CCN(c2cncc(-c3nnc(-c4ccccc4)o3)n2)CC1. The van der Waals surface area contributed by atoms with Gasteiger partial charge in [-0.25, -0.2) is 4.98 Å². The van der Waals surface area contributed by atoms with Crippen LogP contribution in [0.15, 0.2) is 77.5 Å². The number of hydrogen-bond acceptors (Lipinski definition) is 7. The van der Waals surface area contributed by atoms with Crippen LogP contribution >= 0.6 is 0 Å². The molecule has 0 unspecified atom stereocenters. The maximum Gasteiger partial charge on any atom is 0.268 e. The van der Waals surface area contributed by atoms with Crippen LogP contribution in [0.5, 0.6) is 0 Å². The summed E-state index contributed by atoms with van der Waals surface area (Å²) in [4.78, 5) is 25.6. The average Bonchev–Trinajstić information content (AvgIpc) is 3.35. The Kier molecular flexibility index (Phi) is 5.10. The molecule has 0 spiro atoms. The standard InChI is InChI=1S/C23H20N6O2/c30-23(18-9-5-2-6-10-18)29-13-11-28(12-14-29)20-16-24-15-19(25-20)22-27-26-21(31-22)17-7-3-1-4-8-17/h1-10,15-16H,11-14H2. The van der Waals surface area contributed by atoms with Crippen molar-refractivity contribution in [2.24, 2.45) is 0 Å². The molecule has 4 aromatic rings. The highest BCUT2D eigenvalue weighted by atomic mass is 16.4. The number of carbonyl (C=O) groups is 1. The summed E-state index contributed by atoms with van der Waals surface area (Å²) in [5, 5.41) is 8.25. The van der Waals surface area contributed by atoms with Crippen LogP contribution in [0.25, 0.3) is 23.0 Å². The molecule has 0 atom stereocenters. The Labute approximate surface area is 179 Å². The van der Waals surface area contributed by atoms with Crippen LogP contribution in [0.1, 0.15) is 10.4 Å². The van der Waals surface area contributed by atoms with Crippen LogP contribution in [0.4, 0.5) is 5.82 Å². The Morgan fingerprint density at radius 2 is 1.48 bits per heavy atom. The molecule has 0 N–H and O–H groups in total. The minimum absolute atomic E-state index is 0.0550. The average molecular weight is 412 g/mol. The van der Waals surface area contributed by atoms with Crippen LogP contribution in [0, 0.1) is 0 Å². The Bertz CT molecular complexity index is 1170. The fraction of sp³-hybridized carbons (Fsp3) is 0.174. The lowest BCUT2D eigenvalue weighted by Crippen LogP contribution is -2.49. The summed E-state index contributed by atoms with van der Waals surface area (Å²) in [6.07, 6.45) is 3.33. The molecular weight excluding hydrogens is 392 g/mol. The number of rotatable bonds is 4. The molecule has 1 aliphatic heterocycles. The summed E-state index contributed by atoms with van der Waals surface area (Å²) in [6.45, 7) is 2.60. The van der Waals surface area contributed by atoms with Crippen molar-refractivity contribution in [1.29, 1.82) is 0 Å². The molecular formula is C23H20N6O2. The molecule has 1 fully saturated rings. The van der Waals surface area contributed by atoms with E-state index in [9.17, 15) is 4.79 Å². The van der Waals surface area contributed by atoms with E-state index in [2.05, 4.69) is 25.1 Å². The van der Waals surface area contributed by atoms with E-state index >= 15 is 0 Å². The van der Waals surface area contributed by atoms with E-state index in [0.29, 0.717) is 49.2 Å². The third-order valence-corrected chi connectivity index (χ3v) is 5.20. The third-order valence-electron chi connectivity index (χ3n) is 5.20. The fourth-order valence-electron chi connectivity index (χ4n) is 3.54. The van der Waals surface area contributed by atoms with E-state index in [0.717, 1.165) is 11.4 Å². The topological polar surface area (TPSA) is 88.3 Å². The number of aromatic nitrogens is 4. The Balaban J connectivity index is 1.28. The summed E-state index contributed by atoms with van der Waals surface area (Å²) < 4.78 is 5.80. The first-order valence-electron chi connectivity index (χ1n) is 10.1. The van der Waals surface area contributed by atoms with Gasteiger partial charge in [0.1, 0.15) is 11.5 Å². The zero-order chi connectivity index (χ0) is 21.0. The molecule has 154 valence electrons. The van der Waals surface area contributed by atoms with Gasteiger partial charge in [-0.15, -0.1) is 10.2 Å². The summed E-state index contributed by atoms with van der Waals surface area (Å²) in [5.74, 6) is 1.55. The van der Waals surface area contributed by atoms with Crippen molar-refractivity contribution in [3.8, 4) is 23.0 Å². The molecule has 3 heterocycles. The number of nitrogens with zero attached hydrogens (tertiary/aromatic N) is 6. The second kappa shape index (κ2) is 8.35. The van der Waals surface area contributed by atoms with Crippen molar-refractivity contribution in [3.63, 3.8) is 0 Å². The molecule has 1 aliphatic rings. The second-order valence-corrected chi connectivity index (χ2v) is 7.19. The maximum atomic E-state index is 12.7. The normalized spacial score (nSPS) is 13.9. The highest BCUT2D eigenvalue weighted by Crippen LogP contribution is 2.24. The molecule has 0 saturated carbocycles. The van der Waals surface area contributed by atoms with Crippen molar-refractivity contribution in [3.05, 3.63) is 78.6 Å². The van der Waals surface area contributed by atoms with E-state index < -0.39 is 0 Å². The summed E-state index contributed by atoms with van der Waals surface area (Å²) in [6, 6.07) is 19.0. The molecule has 31 heavy (non-hydrogen) atoms. The summed E-state index contributed by atoms with van der Waals surface area (Å²) >= 11 is 0. The summed E-state index contributed by atoms with van der Waals surface area (Å²) in [5.41, 5.74) is 2.09. The second-order valence-electron chi connectivity index (χ2n) is 7.19. The van der Waals surface area contributed by atoms with E-state index in [4.69, 9.17) is 4.42 Å². The Morgan fingerprint density at radius 1 is 0.806 bits per heavy atom. The van der Waals surface area contributed by atoms with E-state index in [1.807, 2.05) is 65.6 Å². The number of carbonyl (C=O) groups excluding carboxylic acids is 1. The predicted molar refractivity (Wildman–Crippen MR) is 115 cm³/mol. The van der Waals surface area contributed by atoms with Crippen LogP contribution in [-0.2, 0) is 0 Å². The van der Waals surface area contributed by atoms with Gasteiger partial charge in [-0.05, 0) is 24.3 Å². The van der Waals surface area contributed by atoms with Gasteiger partial charge in [-0.3, -0.25) is 9.78 Å². The van der Waals surface area contributed by atoms with Crippen LogP contribution < -0.4 is 4.90 Å². The molecule has 0 bridgehead atoms. The highest BCUT2D eigenvalue weighted by molar-refractivity contribution is 5.94. The maximum absolute atomic E-state index is 12.7. The van der Waals surface area contributed by atoms with Gasteiger partial charge in [0.2, 0.25) is 5.89 Å². The molecule has 1 amide bonds. The van der Waals surface area contributed by atoms with Crippen molar-refractivity contribution in [2.75, 3.05) is 31.1 Å². The number of piperazine rings is 1. The molecule has 2 aromatic heterocycles.